The number of likely N-dealkylation sites (tertiary alicyclic amines) is 2. The van der Waals surface area contributed by atoms with Gasteiger partial charge in [-0.15, -0.1) is 0 Å². The highest BCUT2D eigenvalue weighted by Crippen LogP contribution is 2.32. The summed E-state index contributed by atoms with van der Waals surface area (Å²) in [7, 11) is 0. The number of ether oxygens (including phenoxy) is 1. The van der Waals surface area contributed by atoms with Crippen molar-refractivity contribution in [2.24, 2.45) is 11.8 Å². The summed E-state index contributed by atoms with van der Waals surface area (Å²) in [5, 5.41) is 2.58. The Balaban J connectivity index is 1.46. The fourth-order valence-corrected chi connectivity index (χ4v) is 3.26. The third-order valence-corrected chi connectivity index (χ3v) is 4.74. The van der Waals surface area contributed by atoms with Gasteiger partial charge in [0, 0.05) is 56.7 Å². The van der Waals surface area contributed by atoms with Crippen LogP contribution in [0.1, 0.15) is 38.1 Å². The number of carbonyl (C=O) groups excluding carboxylic acids is 3. The molecule has 1 aromatic rings. The molecule has 3 heterocycles. The van der Waals surface area contributed by atoms with E-state index in [9.17, 15) is 14.4 Å². The van der Waals surface area contributed by atoms with Crippen LogP contribution >= 0.6 is 0 Å². The van der Waals surface area contributed by atoms with Crippen LogP contribution in [-0.4, -0.2) is 64.5 Å². The highest BCUT2D eigenvalue weighted by Gasteiger charge is 2.44. The van der Waals surface area contributed by atoms with Crippen molar-refractivity contribution in [1.29, 1.82) is 0 Å². The number of hydrogen-bond donors (Lipinski definition) is 1. The van der Waals surface area contributed by atoms with Crippen LogP contribution in [0.25, 0.3) is 0 Å². The van der Waals surface area contributed by atoms with Crippen molar-refractivity contribution in [2.75, 3.05) is 31.5 Å². The molecule has 0 aliphatic carbocycles. The van der Waals surface area contributed by atoms with Crippen molar-refractivity contribution < 1.29 is 19.1 Å². The van der Waals surface area contributed by atoms with Crippen LogP contribution in [0.3, 0.4) is 0 Å². The zero-order valence-corrected chi connectivity index (χ0v) is 16.2. The van der Waals surface area contributed by atoms with Crippen LogP contribution in [0.4, 0.5) is 10.6 Å². The van der Waals surface area contributed by atoms with E-state index in [0.29, 0.717) is 49.4 Å². The molecule has 0 unspecified atom stereocenters. The number of pyridine rings is 1. The highest BCUT2D eigenvalue weighted by molar-refractivity contribution is 5.96. The Morgan fingerprint density at radius 1 is 1.11 bits per heavy atom. The highest BCUT2D eigenvalue weighted by atomic mass is 16.6. The molecule has 8 heteroatoms. The van der Waals surface area contributed by atoms with Gasteiger partial charge in [-0.05, 0) is 32.9 Å². The Kier molecular flexibility index (Phi) is 5.08. The molecule has 0 aromatic carbocycles. The largest absolute Gasteiger partial charge is 0.444 e. The second-order valence-electron chi connectivity index (χ2n) is 8.23. The van der Waals surface area contributed by atoms with Crippen molar-refractivity contribution in [3.63, 3.8) is 0 Å². The number of aromatic nitrogens is 1. The predicted molar refractivity (Wildman–Crippen MR) is 99.2 cm³/mol. The van der Waals surface area contributed by atoms with Crippen LogP contribution in [0.2, 0.25) is 0 Å². The van der Waals surface area contributed by atoms with Gasteiger partial charge in [-0.25, -0.2) is 9.78 Å². The first-order valence-corrected chi connectivity index (χ1v) is 9.13. The summed E-state index contributed by atoms with van der Waals surface area (Å²) in [5.41, 5.74) is 0.0267. The van der Waals surface area contributed by atoms with Crippen LogP contribution in [-0.2, 0) is 9.53 Å². The SMILES string of the molecule is CC(=O)Nc1cc(C(=O)N2CC(C3CN(C(=O)OC(C)(C)C)C3)C2)ccn1. The molecule has 0 atom stereocenters. The zero-order valence-electron chi connectivity index (χ0n) is 16.2. The molecule has 2 aliphatic heterocycles. The second kappa shape index (κ2) is 7.17. The summed E-state index contributed by atoms with van der Waals surface area (Å²) in [6, 6.07) is 3.24. The summed E-state index contributed by atoms with van der Waals surface area (Å²) < 4.78 is 5.36. The molecule has 8 nitrogen and oxygen atoms in total. The summed E-state index contributed by atoms with van der Waals surface area (Å²) in [6.45, 7) is 9.70. The van der Waals surface area contributed by atoms with E-state index in [-0.39, 0.29) is 17.9 Å². The van der Waals surface area contributed by atoms with E-state index in [2.05, 4.69) is 10.3 Å². The van der Waals surface area contributed by atoms with E-state index >= 15 is 0 Å². The fraction of sp³-hybridized carbons (Fsp3) is 0.579. The van der Waals surface area contributed by atoms with E-state index < -0.39 is 5.60 Å². The maximum absolute atomic E-state index is 12.6. The Labute approximate surface area is 158 Å². The molecule has 2 fully saturated rings. The molecule has 2 aliphatic rings. The van der Waals surface area contributed by atoms with Crippen LogP contribution in [0.15, 0.2) is 18.3 Å². The van der Waals surface area contributed by atoms with E-state index in [1.54, 1.807) is 21.9 Å². The Hall–Kier alpha value is -2.64. The molecule has 1 N–H and O–H groups in total. The van der Waals surface area contributed by atoms with Gasteiger partial charge in [0.05, 0.1) is 0 Å². The van der Waals surface area contributed by atoms with Crippen LogP contribution in [0.5, 0.6) is 0 Å². The van der Waals surface area contributed by atoms with Crippen LogP contribution < -0.4 is 5.32 Å². The zero-order chi connectivity index (χ0) is 19.8. The van der Waals surface area contributed by atoms with Crippen molar-refractivity contribution in [2.45, 2.75) is 33.3 Å². The maximum atomic E-state index is 12.6. The molecule has 0 saturated carbocycles. The van der Waals surface area contributed by atoms with Crippen molar-refractivity contribution in [3.8, 4) is 0 Å². The molecule has 3 rings (SSSR count). The average molecular weight is 374 g/mol. The summed E-state index contributed by atoms with van der Waals surface area (Å²) in [5.74, 6) is 0.898. The number of hydrogen-bond acceptors (Lipinski definition) is 5. The molecule has 0 radical (unpaired) electrons. The fourth-order valence-electron chi connectivity index (χ4n) is 3.26. The standard InChI is InChI=1S/C19H26N4O4/c1-12(24)21-16-7-13(5-6-20-16)17(25)22-8-14(9-22)15-10-23(11-15)18(26)27-19(2,3)4/h5-7,14-15H,8-11H2,1-4H3,(H,20,21,24). The summed E-state index contributed by atoms with van der Waals surface area (Å²) in [4.78, 5) is 43.2. The minimum Gasteiger partial charge on any atom is -0.444 e. The molecule has 146 valence electrons. The molecular weight excluding hydrogens is 348 g/mol. The van der Waals surface area contributed by atoms with Crippen molar-refractivity contribution in [1.82, 2.24) is 14.8 Å². The lowest BCUT2D eigenvalue weighted by Crippen LogP contribution is -2.62. The first-order valence-electron chi connectivity index (χ1n) is 9.13. The van der Waals surface area contributed by atoms with Gasteiger partial charge >= 0.3 is 6.09 Å². The first-order chi connectivity index (χ1) is 12.6. The molecule has 0 bridgehead atoms. The molecule has 3 amide bonds. The van der Waals surface area contributed by atoms with E-state index in [0.717, 1.165) is 0 Å². The Morgan fingerprint density at radius 2 is 1.70 bits per heavy atom. The maximum Gasteiger partial charge on any atom is 0.410 e. The minimum atomic E-state index is -0.484. The van der Waals surface area contributed by atoms with Crippen molar-refractivity contribution in [3.05, 3.63) is 23.9 Å². The molecule has 0 spiro atoms. The van der Waals surface area contributed by atoms with Gasteiger partial charge in [-0.3, -0.25) is 9.59 Å². The van der Waals surface area contributed by atoms with E-state index in [1.165, 1.54) is 13.1 Å². The normalized spacial score (nSPS) is 17.8. The van der Waals surface area contributed by atoms with Gasteiger partial charge < -0.3 is 19.9 Å². The lowest BCUT2D eigenvalue weighted by Gasteiger charge is -2.50. The quantitative estimate of drug-likeness (QED) is 0.873. The monoisotopic (exact) mass is 374 g/mol. The van der Waals surface area contributed by atoms with Gasteiger partial charge in [0.25, 0.3) is 5.91 Å². The van der Waals surface area contributed by atoms with Gasteiger partial charge in [0.2, 0.25) is 5.91 Å². The molecule has 1 aromatic heterocycles. The Morgan fingerprint density at radius 3 is 2.26 bits per heavy atom. The van der Waals surface area contributed by atoms with Crippen LogP contribution in [0, 0.1) is 11.8 Å². The lowest BCUT2D eigenvalue weighted by molar-refractivity contribution is -0.114. The molecule has 2 saturated heterocycles. The van der Waals surface area contributed by atoms with E-state index in [1.807, 2.05) is 20.8 Å². The predicted octanol–water partition coefficient (Wildman–Crippen LogP) is 1.98. The van der Waals surface area contributed by atoms with Gasteiger partial charge in [0.15, 0.2) is 0 Å². The smallest absolute Gasteiger partial charge is 0.410 e. The number of nitrogens with zero attached hydrogens (tertiary/aromatic N) is 3. The number of anilines is 1. The first kappa shape index (κ1) is 19.1. The summed E-state index contributed by atoms with van der Waals surface area (Å²) >= 11 is 0. The third kappa shape index (κ3) is 4.56. The topological polar surface area (TPSA) is 91.8 Å². The molecular formula is C19H26N4O4. The van der Waals surface area contributed by atoms with Gasteiger partial charge in [-0.1, -0.05) is 0 Å². The minimum absolute atomic E-state index is 0.0661. The number of amides is 3. The number of rotatable bonds is 3. The third-order valence-electron chi connectivity index (χ3n) is 4.74. The van der Waals surface area contributed by atoms with Crippen molar-refractivity contribution >= 4 is 23.7 Å². The second-order valence-corrected chi connectivity index (χ2v) is 8.23. The van der Waals surface area contributed by atoms with Gasteiger partial charge in [-0.2, -0.15) is 0 Å². The summed E-state index contributed by atoms with van der Waals surface area (Å²) in [6.07, 6.45) is 1.24. The number of carbonyl (C=O) groups is 3. The van der Waals surface area contributed by atoms with E-state index in [4.69, 9.17) is 4.74 Å². The lowest BCUT2D eigenvalue weighted by atomic mass is 9.80. The number of nitrogens with one attached hydrogen (secondary N) is 1. The average Bonchev–Trinajstić information content (AvgIpc) is 2.45. The Bertz CT molecular complexity index is 746. The molecule has 27 heavy (non-hydrogen) atoms. The van der Waals surface area contributed by atoms with Gasteiger partial charge in [0.1, 0.15) is 11.4 Å².